The van der Waals surface area contributed by atoms with E-state index in [0.717, 1.165) is 0 Å². The predicted molar refractivity (Wildman–Crippen MR) is 134 cm³/mol. The van der Waals surface area contributed by atoms with Gasteiger partial charge >= 0.3 is 0 Å². The highest BCUT2D eigenvalue weighted by molar-refractivity contribution is 5.98. The van der Waals surface area contributed by atoms with Gasteiger partial charge in [-0.15, -0.1) is 0 Å². The van der Waals surface area contributed by atoms with Gasteiger partial charge in [-0.05, 0) is 42.8 Å². The Bertz CT molecular complexity index is 1280. The van der Waals surface area contributed by atoms with Gasteiger partial charge in [0.05, 0.1) is 24.8 Å². The molecule has 2 heterocycles. The Balaban J connectivity index is 1.68. The minimum atomic E-state index is -0.611. The van der Waals surface area contributed by atoms with E-state index in [2.05, 4.69) is 4.98 Å². The van der Waals surface area contributed by atoms with Crippen LogP contribution in [-0.2, 0) is 0 Å². The molecule has 1 aromatic heterocycles. The molecule has 2 amide bonds. The molecule has 194 valence electrons. The number of likely N-dealkylation sites (N-methyl/N-ethyl adjacent to an activating group) is 1. The van der Waals surface area contributed by atoms with Crippen molar-refractivity contribution in [3.8, 4) is 17.0 Å². The lowest BCUT2D eigenvalue weighted by atomic mass is 9.99. The summed E-state index contributed by atoms with van der Waals surface area (Å²) >= 11 is 0. The summed E-state index contributed by atoms with van der Waals surface area (Å²) in [6, 6.07) is 12.8. The van der Waals surface area contributed by atoms with Crippen LogP contribution in [0.25, 0.3) is 11.1 Å². The van der Waals surface area contributed by atoms with Crippen LogP contribution in [0.5, 0.6) is 5.88 Å². The van der Waals surface area contributed by atoms with Crippen LogP contribution in [0, 0.1) is 17.6 Å². The number of halogens is 2. The molecule has 0 radical (unpaired) electrons. The zero-order valence-electron chi connectivity index (χ0n) is 20.9. The third-order valence-corrected chi connectivity index (χ3v) is 6.60. The number of aliphatic hydroxyl groups is 1. The monoisotopic (exact) mass is 509 g/mol. The first-order valence-electron chi connectivity index (χ1n) is 12.0. The normalized spacial score (nSPS) is 18.3. The van der Waals surface area contributed by atoms with E-state index in [0.29, 0.717) is 11.1 Å². The summed E-state index contributed by atoms with van der Waals surface area (Å²) in [7, 11) is 1.56. The number of rotatable bonds is 6. The maximum absolute atomic E-state index is 14.2. The summed E-state index contributed by atoms with van der Waals surface area (Å²) in [4.78, 5) is 33.9. The van der Waals surface area contributed by atoms with Crippen LogP contribution >= 0.6 is 0 Å². The number of carbonyl (C=O) groups excluding carboxylic acids is 2. The van der Waals surface area contributed by atoms with Crippen LogP contribution in [0.1, 0.15) is 34.6 Å². The van der Waals surface area contributed by atoms with Crippen molar-refractivity contribution in [3.63, 3.8) is 0 Å². The number of hydrogen-bond donors (Lipinski definition) is 1. The molecule has 3 aromatic rings. The maximum atomic E-state index is 14.2. The van der Waals surface area contributed by atoms with E-state index in [4.69, 9.17) is 4.74 Å². The molecule has 7 nitrogen and oxygen atoms in total. The van der Waals surface area contributed by atoms with Crippen LogP contribution in [-0.4, -0.2) is 70.6 Å². The number of aromatic nitrogens is 1. The summed E-state index contributed by atoms with van der Waals surface area (Å²) < 4.78 is 33.8. The summed E-state index contributed by atoms with van der Waals surface area (Å²) in [5, 5.41) is 9.83. The molecular formula is C28H29F2N3O4. The molecule has 0 saturated carbocycles. The van der Waals surface area contributed by atoms with Gasteiger partial charge in [0.2, 0.25) is 5.88 Å². The highest BCUT2D eigenvalue weighted by Crippen LogP contribution is 2.30. The van der Waals surface area contributed by atoms with Crippen molar-refractivity contribution in [2.24, 2.45) is 5.92 Å². The van der Waals surface area contributed by atoms with E-state index in [9.17, 15) is 23.5 Å². The van der Waals surface area contributed by atoms with Gasteiger partial charge in [0.25, 0.3) is 11.8 Å². The van der Waals surface area contributed by atoms with Gasteiger partial charge in [0.1, 0.15) is 23.3 Å². The minimum Gasteiger partial charge on any atom is -0.472 e. The molecule has 0 fully saturated rings. The predicted octanol–water partition coefficient (Wildman–Crippen LogP) is 4.02. The Kier molecular flexibility index (Phi) is 7.83. The summed E-state index contributed by atoms with van der Waals surface area (Å²) in [6.07, 6.45) is 0.960. The van der Waals surface area contributed by atoms with Crippen molar-refractivity contribution in [2.45, 2.75) is 26.0 Å². The molecule has 1 aliphatic rings. The van der Waals surface area contributed by atoms with Crippen LogP contribution in [0.15, 0.2) is 60.8 Å². The first-order chi connectivity index (χ1) is 17.7. The molecule has 1 N–H and O–H groups in total. The third-order valence-electron chi connectivity index (χ3n) is 6.60. The van der Waals surface area contributed by atoms with E-state index in [1.807, 2.05) is 6.92 Å². The van der Waals surface area contributed by atoms with Crippen LogP contribution < -0.4 is 4.74 Å². The van der Waals surface area contributed by atoms with Gasteiger partial charge in [-0.25, -0.2) is 13.8 Å². The Morgan fingerprint density at radius 2 is 1.89 bits per heavy atom. The topological polar surface area (TPSA) is 83.0 Å². The van der Waals surface area contributed by atoms with Crippen molar-refractivity contribution in [3.05, 3.63) is 83.6 Å². The van der Waals surface area contributed by atoms with Crippen LogP contribution in [0.2, 0.25) is 0 Å². The molecule has 0 aliphatic carbocycles. The second-order valence-electron chi connectivity index (χ2n) is 9.37. The van der Waals surface area contributed by atoms with E-state index in [-0.39, 0.29) is 54.3 Å². The van der Waals surface area contributed by atoms with E-state index in [1.54, 1.807) is 43.1 Å². The highest BCUT2D eigenvalue weighted by atomic mass is 19.1. The number of nitrogens with zero attached hydrogens (tertiary/aromatic N) is 3. The average molecular weight is 510 g/mol. The van der Waals surface area contributed by atoms with Gasteiger partial charge in [-0.1, -0.05) is 31.2 Å². The molecule has 9 heteroatoms. The fourth-order valence-corrected chi connectivity index (χ4v) is 4.31. The Hall–Kier alpha value is -3.85. The number of amides is 2. The Morgan fingerprint density at radius 3 is 2.57 bits per heavy atom. The molecular weight excluding hydrogens is 480 g/mol. The number of fused-ring (bicyclic) bond motifs is 1. The molecule has 0 bridgehead atoms. The van der Waals surface area contributed by atoms with Crippen molar-refractivity contribution in [1.29, 1.82) is 0 Å². The van der Waals surface area contributed by atoms with Crippen molar-refractivity contribution in [1.82, 2.24) is 14.8 Å². The van der Waals surface area contributed by atoms with Crippen molar-refractivity contribution >= 4 is 11.8 Å². The van der Waals surface area contributed by atoms with Crippen molar-refractivity contribution < 1.29 is 28.2 Å². The second-order valence-corrected chi connectivity index (χ2v) is 9.37. The fourth-order valence-electron chi connectivity index (χ4n) is 4.31. The van der Waals surface area contributed by atoms with E-state index < -0.39 is 23.9 Å². The number of aliphatic hydroxyl groups excluding tert-OH is 1. The molecule has 0 saturated heterocycles. The molecule has 4 rings (SSSR count). The molecule has 0 unspecified atom stereocenters. The zero-order chi connectivity index (χ0) is 26.7. The van der Waals surface area contributed by atoms with Crippen LogP contribution in [0.3, 0.4) is 0 Å². The number of ether oxygens (including phenoxy) is 1. The number of hydrogen-bond acceptors (Lipinski definition) is 5. The van der Waals surface area contributed by atoms with Crippen LogP contribution in [0.4, 0.5) is 8.78 Å². The zero-order valence-corrected chi connectivity index (χ0v) is 20.9. The molecule has 37 heavy (non-hydrogen) atoms. The number of pyridine rings is 1. The first kappa shape index (κ1) is 26.2. The van der Waals surface area contributed by atoms with Gasteiger partial charge in [-0.2, -0.15) is 0 Å². The largest absolute Gasteiger partial charge is 0.472 e. The SMILES string of the molecule is C[C@H]1CN([C@@H](C)CO)C(=O)c2cc(-c3ccc(F)cc3)cnc2O[C@H]1CN(C)C(=O)c1ccccc1F. The van der Waals surface area contributed by atoms with E-state index >= 15 is 0 Å². The number of benzene rings is 2. The lowest BCUT2D eigenvalue weighted by Gasteiger charge is -2.37. The Morgan fingerprint density at radius 1 is 1.19 bits per heavy atom. The summed E-state index contributed by atoms with van der Waals surface area (Å²) in [5.74, 6) is -1.99. The highest BCUT2D eigenvalue weighted by Gasteiger charge is 2.35. The maximum Gasteiger partial charge on any atom is 0.259 e. The number of carbonyl (C=O) groups is 2. The second kappa shape index (κ2) is 11.0. The van der Waals surface area contributed by atoms with Gasteiger partial charge in [-0.3, -0.25) is 9.59 Å². The Labute approximate surface area is 214 Å². The quantitative estimate of drug-likeness (QED) is 0.543. The van der Waals surface area contributed by atoms with E-state index in [1.165, 1.54) is 41.4 Å². The van der Waals surface area contributed by atoms with Gasteiger partial charge in [0.15, 0.2) is 0 Å². The van der Waals surface area contributed by atoms with Crippen molar-refractivity contribution in [2.75, 3.05) is 26.7 Å². The van der Waals surface area contributed by atoms with Gasteiger partial charge in [0, 0.05) is 31.3 Å². The van der Waals surface area contributed by atoms with Gasteiger partial charge < -0.3 is 19.6 Å². The lowest BCUT2D eigenvalue weighted by Crippen LogP contribution is -2.50. The lowest BCUT2D eigenvalue weighted by molar-refractivity contribution is 0.0312. The summed E-state index contributed by atoms with van der Waals surface area (Å²) in [5.41, 5.74) is 1.43. The fraction of sp³-hybridized carbons (Fsp3) is 0.321. The standard InChI is InChI=1S/C28H29F2N3O4/c1-17-14-33(18(2)16-34)28(36)23-12-20(19-8-10-21(29)11-9-19)13-31-26(23)37-25(17)15-32(3)27(35)22-6-4-5-7-24(22)30/h4-13,17-18,25,34H,14-16H2,1-3H3/t17-,18-,25-/m0/s1. The summed E-state index contributed by atoms with van der Waals surface area (Å²) in [6.45, 7) is 3.76. The molecule has 0 spiro atoms. The minimum absolute atomic E-state index is 0.0448. The first-order valence-corrected chi connectivity index (χ1v) is 12.0. The third kappa shape index (κ3) is 5.61. The smallest absolute Gasteiger partial charge is 0.259 e. The molecule has 1 aliphatic heterocycles. The molecule has 2 aromatic carbocycles. The average Bonchev–Trinajstić information content (AvgIpc) is 2.90. The molecule has 3 atom stereocenters.